The number of hydrogen-bond donors (Lipinski definition) is 1. The van der Waals surface area contributed by atoms with E-state index in [1.165, 1.54) is 4.90 Å². The van der Waals surface area contributed by atoms with E-state index in [4.69, 9.17) is 4.74 Å². The van der Waals surface area contributed by atoms with Gasteiger partial charge in [-0.1, -0.05) is 0 Å². The molecule has 0 aromatic rings. The summed E-state index contributed by atoms with van der Waals surface area (Å²) in [7, 11) is 1.66. The summed E-state index contributed by atoms with van der Waals surface area (Å²) in [5.41, 5.74) is 0. The lowest BCUT2D eigenvalue weighted by Crippen LogP contribution is -2.63. The van der Waals surface area contributed by atoms with Gasteiger partial charge in [0.15, 0.2) is 12.2 Å². The fourth-order valence-corrected chi connectivity index (χ4v) is 2.74. The number of ether oxygens (including phenoxy) is 1. The first kappa shape index (κ1) is 13.3. The second-order valence-corrected chi connectivity index (χ2v) is 5.22. The number of carbonyl (C=O) groups is 2. The average Bonchev–Trinajstić information content (AvgIpc) is 2.88. The van der Waals surface area contributed by atoms with Crippen LogP contribution in [0.4, 0.5) is 4.79 Å². The molecule has 8 heteroatoms. The van der Waals surface area contributed by atoms with Crippen molar-refractivity contribution in [1.29, 1.82) is 0 Å². The zero-order chi connectivity index (χ0) is 14.1. The Labute approximate surface area is 117 Å². The Hall–Kier alpha value is -1.67. The van der Waals surface area contributed by atoms with Crippen LogP contribution in [0.15, 0.2) is 4.99 Å². The van der Waals surface area contributed by atoms with Crippen LogP contribution in [-0.2, 0) is 9.53 Å². The molecule has 0 bridgehead atoms. The number of rotatable bonds is 3. The Balaban J connectivity index is 1.59. The van der Waals surface area contributed by atoms with E-state index in [-0.39, 0.29) is 11.9 Å². The van der Waals surface area contributed by atoms with Gasteiger partial charge < -0.3 is 14.5 Å². The molecule has 3 aliphatic rings. The Morgan fingerprint density at radius 2 is 2.10 bits per heavy atom. The average molecular weight is 281 g/mol. The zero-order valence-electron chi connectivity index (χ0n) is 11.5. The highest BCUT2D eigenvalue weighted by Crippen LogP contribution is 2.20. The van der Waals surface area contributed by atoms with Gasteiger partial charge in [0, 0.05) is 33.2 Å². The quantitative estimate of drug-likeness (QED) is 0.684. The monoisotopic (exact) mass is 281 g/mol. The van der Waals surface area contributed by atoms with Gasteiger partial charge in [0.1, 0.15) is 0 Å². The zero-order valence-corrected chi connectivity index (χ0v) is 11.5. The second kappa shape index (κ2) is 5.37. The number of urea groups is 1. The van der Waals surface area contributed by atoms with Crippen molar-refractivity contribution in [3.8, 4) is 0 Å². The van der Waals surface area contributed by atoms with Crippen molar-refractivity contribution in [1.82, 2.24) is 20.0 Å². The molecule has 8 nitrogen and oxygen atoms in total. The van der Waals surface area contributed by atoms with Crippen molar-refractivity contribution in [3.63, 3.8) is 0 Å². The summed E-state index contributed by atoms with van der Waals surface area (Å²) < 4.78 is 5.31. The lowest BCUT2D eigenvalue weighted by atomic mass is 10.1. The number of nitrogens with zero attached hydrogens (tertiary/aromatic N) is 4. The molecular formula is C12H19N5O3. The molecule has 0 radical (unpaired) electrons. The molecule has 2 unspecified atom stereocenters. The first-order valence-corrected chi connectivity index (χ1v) is 6.83. The third-order valence-electron chi connectivity index (χ3n) is 4.00. The smallest absolute Gasteiger partial charge is 0.325 e. The third-order valence-corrected chi connectivity index (χ3v) is 4.00. The second-order valence-electron chi connectivity index (χ2n) is 5.22. The number of morpholine rings is 1. The van der Waals surface area contributed by atoms with Crippen LogP contribution in [0, 0.1) is 0 Å². The first-order valence-electron chi connectivity index (χ1n) is 6.83. The molecule has 3 heterocycles. The van der Waals surface area contributed by atoms with Gasteiger partial charge in [-0.2, -0.15) is 0 Å². The molecule has 2 saturated heterocycles. The van der Waals surface area contributed by atoms with E-state index in [2.05, 4.69) is 15.2 Å². The Morgan fingerprint density at radius 1 is 1.35 bits per heavy atom. The lowest BCUT2D eigenvalue weighted by Gasteiger charge is -2.36. The number of hydrogen-bond acceptors (Lipinski definition) is 6. The molecule has 3 amide bonds. The van der Waals surface area contributed by atoms with Crippen molar-refractivity contribution in [2.45, 2.75) is 12.2 Å². The highest BCUT2D eigenvalue weighted by atomic mass is 16.5. The van der Waals surface area contributed by atoms with Crippen LogP contribution in [-0.4, -0.2) is 91.6 Å². The van der Waals surface area contributed by atoms with Crippen molar-refractivity contribution in [3.05, 3.63) is 0 Å². The fourth-order valence-electron chi connectivity index (χ4n) is 2.74. The van der Waals surface area contributed by atoms with E-state index < -0.39 is 12.2 Å². The minimum Gasteiger partial charge on any atom is -0.379 e. The first-order chi connectivity index (χ1) is 9.66. The maximum absolute atomic E-state index is 12.0. The third kappa shape index (κ3) is 2.36. The van der Waals surface area contributed by atoms with Gasteiger partial charge in [-0.15, -0.1) is 0 Å². The van der Waals surface area contributed by atoms with E-state index >= 15 is 0 Å². The molecule has 0 aliphatic carbocycles. The molecule has 2 atom stereocenters. The molecule has 110 valence electrons. The van der Waals surface area contributed by atoms with E-state index in [1.54, 1.807) is 13.4 Å². The predicted molar refractivity (Wildman–Crippen MR) is 71.3 cm³/mol. The van der Waals surface area contributed by atoms with Crippen LogP contribution < -0.4 is 5.32 Å². The molecule has 0 aromatic heterocycles. The number of likely N-dealkylation sites (N-methyl/N-ethyl adjacent to an activating group) is 1. The van der Waals surface area contributed by atoms with Crippen LogP contribution in [0.1, 0.15) is 0 Å². The lowest BCUT2D eigenvalue weighted by molar-refractivity contribution is -0.127. The number of amides is 3. The number of carbonyl (C=O) groups excluding carboxylic acids is 2. The van der Waals surface area contributed by atoms with Gasteiger partial charge in [-0.3, -0.25) is 15.0 Å². The molecule has 20 heavy (non-hydrogen) atoms. The molecule has 2 fully saturated rings. The maximum atomic E-state index is 12.0. The maximum Gasteiger partial charge on any atom is 0.325 e. The summed E-state index contributed by atoms with van der Waals surface area (Å²) in [6.07, 6.45) is 1.28. The fraction of sp³-hybridized carbons (Fsp3) is 0.750. The van der Waals surface area contributed by atoms with Crippen LogP contribution in [0.25, 0.3) is 0 Å². The van der Waals surface area contributed by atoms with E-state index in [1.807, 2.05) is 4.90 Å². The summed E-state index contributed by atoms with van der Waals surface area (Å²) in [5, 5.41) is 2.36. The van der Waals surface area contributed by atoms with Crippen molar-refractivity contribution < 1.29 is 14.3 Å². The molecule has 3 rings (SSSR count). The van der Waals surface area contributed by atoms with E-state index in [9.17, 15) is 9.59 Å². The Bertz CT molecular complexity index is 435. The molecule has 3 aliphatic heterocycles. The molecule has 1 N–H and O–H groups in total. The van der Waals surface area contributed by atoms with Gasteiger partial charge in [0.2, 0.25) is 0 Å². The largest absolute Gasteiger partial charge is 0.379 e. The number of fused-ring (bicyclic) bond motifs is 1. The normalized spacial score (nSPS) is 30.6. The number of nitrogens with one attached hydrogen (secondary N) is 1. The summed E-state index contributed by atoms with van der Waals surface area (Å²) in [5.74, 6) is -0.266. The number of imide groups is 1. The highest BCUT2D eigenvalue weighted by Gasteiger charge is 2.45. The van der Waals surface area contributed by atoms with Gasteiger partial charge in [-0.25, -0.2) is 9.79 Å². The standard InChI is InChI=1S/C12H19N5O3/c1-15-10-9(11(18)14-12(15)19)17(8-13-10)3-2-16-4-6-20-7-5-16/h8-10H,2-7H2,1H3,(H,14,18,19). The topological polar surface area (TPSA) is 77.5 Å². The van der Waals surface area contributed by atoms with Crippen LogP contribution in [0.5, 0.6) is 0 Å². The van der Waals surface area contributed by atoms with E-state index in [0.29, 0.717) is 0 Å². The summed E-state index contributed by atoms with van der Waals surface area (Å²) >= 11 is 0. The van der Waals surface area contributed by atoms with Crippen molar-refractivity contribution in [2.75, 3.05) is 46.4 Å². The Morgan fingerprint density at radius 3 is 2.85 bits per heavy atom. The molecule has 0 aromatic carbocycles. The Kier molecular flexibility index (Phi) is 3.58. The van der Waals surface area contributed by atoms with Gasteiger partial charge in [0.25, 0.3) is 5.91 Å². The molecule has 0 saturated carbocycles. The van der Waals surface area contributed by atoms with Crippen LogP contribution in [0.3, 0.4) is 0 Å². The van der Waals surface area contributed by atoms with Crippen molar-refractivity contribution in [2.24, 2.45) is 4.99 Å². The summed E-state index contributed by atoms with van der Waals surface area (Å²) in [6, 6.07) is -0.790. The SMILES string of the molecule is CN1C(=O)NC(=O)C2C1N=CN2CCN1CCOCC1. The number of aliphatic imine (C=N–C) groups is 1. The van der Waals surface area contributed by atoms with Gasteiger partial charge in [0.05, 0.1) is 19.6 Å². The van der Waals surface area contributed by atoms with Crippen LogP contribution in [0.2, 0.25) is 0 Å². The predicted octanol–water partition coefficient (Wildman–Crippen LogP) is -1.46. The van der Waals surface area contributed by atoms with Crippen molar-refractivity contribution >= 4 is 18.3 Å². The molecular weight excluding hydrogens is 262 g/mol. The minimum absolute atomic E-state index is 0.266. The highest BCUT2D eigenvalue weighted by molar-refractivity contribution is 6.01. The van der Waals surface area contributed by atoms with E-state index in [0.717, 1.165) is 39.4 Å². The van der Waals surface area contributed by atoms with Crippen LogP contribution >= 0.6 is 0 Å². The summed E-state index contributed by atoms with van der Waals surface area (Å²) in [4.78, 5) is 33.5. The minimum atomic E-state index is -0.404. The molecule has 0 spiro atoms. The summed E-state index contributed by atoms with van der Waals surface area (Å²) in [6.45, 7) is 4.95. The van der Waals surface area contributed by atoms with Gasteiger partial charge in [-0.05, 0) is 0 Å². The van der Waals surface area contributed by atoms with Gasteiger partial charge >= 0.3 is 6.03 Å².